The predicted octanol–water partition coefficient (Wildman–Crippen LogP) is 7.11. The van der Waals surface area contributed by atoms with Crippen LogP contribution in [0.25, 0.3) is 0 Å². The third kappa shape index (κ3) is 18.4. The molecule has 0 aliphatic carbocycles. The number of anilines is 1. The van der Waals surface area contributed by atoms with Crippen LogP contribution in [0, 0.1) is 0 Å². The van der Waals surface area contributed by atoms with Crippen LogP contribution >= 0.6 is 0 Å². The minimum atomic E-state index is 0.0433. The van der Waals surface area contributed by atoms with Crippen LogP contribution in [-0.2, 0) is 9.53 Å². The molecule has 0 spiro atoms. The maximum absolute atomic E-state index is 12.0. The average Bonchev–Trinajstić information content (AvgIpc) is 2.83. The molecule has 0 bridgehead atoms. The summed E-state index contributed by atoms with van der Waals surface area (Å²) in [6, 6.07) is 7.66. The quantitative estimate of drug-likeness (QED) is 0.170. The van der Waals surface area contributed by atoms with Gasteiger partial charge in [0.1, 0.15) is 12.4 Å². The third-order valence-electron chi connectivity index (χ3n) is 5.86. The van der Waals surface area contributed by atoms with E-state index in [-0.39, 0.29) is 5.91 Å². The first-order valence-electron chi connectivity index (χ1n) is 13.6. The lowest BCUT2D eigenvalue weighted by Crippen LogP contribution is -2.30. The van der Waals surface area contributed by atoms with Crippen molar-refractivity contribution in [2.45, 2.75) is 104 Å². The zero-order valence-corrected chi connectivity index (χ0v) is 21.5. The van der Waals surface area contributed by atoms with Crippen LogP contribution in [0.1, 0.15) is 104 Å². The minimum absolute atomic E-state index is 0.0433. The lowest BCUT2D eigenvalue weighted by molar-refractivity contribution is -0.119. The normalized spacial score (nSPS) is 10.8. The highest BCUT2D eigenvalue weighted by Gasteiger charge is 2.01. The number of hydrogen-bond acceptors (Lipinski definition) is 4. The second-order valence-electron chi connectivity index (χ2n) is 8.87. The van der Waals surface area contributed by atoms with Crippen molar-refractivity contribution in [1.29, 1.82) is 0 Å². The number of carbonyl (C=O) groups is 1. The molecule has 0 heterocycles. The molecule has 0 atom stereocenters. The highest BCUT2D eigenvalue weighted by Crippen LogP contribution is 2.15. The van der Waals surface area contributed by atoms with Gasteiger partial charge in [-0.25, -0.2) is 0 Å². The number of benzene rings is 1. The average molecular weight is 463 g/mol. The third-order valence-corrected chi connectivity index (χ3v) is 5.86. The fraction of sp³-hybridized carbons (Fsp3) is 0.750. The van der Waals surface area contributed by atoms with Crippen LogP contribution in [0.15, 0.2) is 24.3 Å². The topological polar surface area (TPSA) is 59.6 Å². The maximum atomic E-state index is 12.0. The van der Waals surface area contributed by atoms with Gasteiger partial charge < -0.3 is 20.1 Å². The van der Waals surface area contributed by atoms with Gasteiger partial charge in [-0.2, -0.15) is 0 Å². The molecule has 0 saturated carbocycles. The fourth-order valence-corrected chi connectivity index (χ4v) is 3.82. The van der Waals surface area contributed by atoms with Crippen LogP contribution < -0.4 is 15.4 Å². The second-order valence-corrected chi connectivity index (χ2v) is 8.87. The molecule has 190 valence electrons. The van der Waals surface area contributed by atoms with Crippen LogP contribution in [0.4, 0.5) is 5.69 Å². The Labute approximate surface area is 203 Å². The van der Waals surface area contributed by atoms with Crippen molar-refractivity contribution in [2.75, 3.05) is 38.2 Å². The van der Waals surface area contributed by atoms with Gasteiger partial charge >= 0.3 is 0 Å². The number of hydrogen-bond donors (Lipinski definition) is 2. The Morgan fingerprint density at radius 1 is 0.727 bits per heavy atom. The summed E-state index contributed by atoms with van der Waals surface area (Å²) in [6.07, 6.45) is 18.9. The van der Waals surface area contributed by atoms with Crippen molar-refractivity contribution in [3.63, 3.8) is 0 Å². The number of rotatable bonds is 23. The summed E-state index contributed by atoms with van der Waals surface area (Å²) in [6.45, 7) is 7.15. The molecule has 0 radical (unpaired) electrons. The summed E-state index contributed by atoms with van der Waals surface area (Å²) in [5.41, 5.74) is 0.916. The van der Waals surface area contributed by atoms with Crippen LogP contribution in [0.3, 0.4) is 0 Å². The molecule has 1 aromatic carbocycles. The van der Waals surface area contributed by atoms with E-state index in [2.05, 4.69) is 17.6 Å². The minimum Gasteiger partial charge on any atom is -0.491 e. The van der Waals surface area contributed by atoms with Crippen LogP contribution in [-0.4, -0.2) is 38.8 Å². The first-order valence-corrected chi connectivity index (χ1v) is 13.6. The van der Waals surface area contributed by atoms with Gasteiger partial charge in [0.15, 0.2) is 0 Å². The standard InChI is InChI=1S/C28H50N2O3/c1-3-5-6-7-8-9-10-11-12-13-14-15-16-17-22-29-28(31)25-30-26-18-20-27(21-19-26)33-24-23-32-4-2/h18-21,30H,3-17,22-25H2,1-2H3,(H,29,31). The van der Waals surface area contributed by atoms with Gasteiger partial charge in [-0.05, 0) is 37.6 Å². The van der Waals surface area contributed by atoms with Gasteiger partial charge in [0.25, 0.3) is 0 Å². The monoisotopic (exact) mass is 462 g/mol. The van der Waals surface area contributed by atoms with Gasteiger partial charge in [-0.15, -0.1) is 0 Å². The summed E-state index contributed by atoms with van der Waals surface area (Å²) >= 11 is 0. The highest BCUT2D eigenvalue weighted by atomic mass is 16.5. The Morgan fingerprint density at radius 2 is 1.27 bits per heavy atom. The van der Waals surface area contributed by atoms with E-state index in [1.807, 2.05) is 31.2 Å². The Bertz CT molecular complexity index is 563. The first-order chi connectivity index (χ1) is 16.3. The van der Waals surface area contributed by atoms with Crippen LogP contribution in [0.2, 0.25) is 0 Å². The largest absolute Gasteiger partial charge is 0.491 e. The van der Waals surface area contributed by atoms with E-state index in [4.69, 9.17) is 9.47 Å². The zero-order chi connectivity index (χ0) is 23.8. The lowest BCUT2D eigenvalue weighted by atomic mass is 10.0. The molecule has 0 aliphatic heterocycles. The van der Waals surface area contributed by atoms with E-state index in [0.717, 1.165) is 24.4 Å². The van der Waals surface area contributed by atoms with Gasteiger partial charge in [0.05, 0.1) is 13.2 Å². The van der Waals surface area contributed by atoms with Gasteiger partial charge in [0.2, 0.25) is 5.91 Å². The van der Waals surface area contributed by atoms with E-state index >= 15 is 0 Å². The summed E-state index contributed by atoms with van der Waals surface area (Å²) in [7, 11) is 0. The molecule has 0 aliphatic rings. The maximum Gasteiger partial charge on any atom is 0.239 e. The van der Waals surface area contributed by atoms with Gasteiger partial charge in [-0.3, -0.25) is 4.79 Å². The van der Waals surface area contributed by atoms with Crippen molar-refractivity contribution in [2.24, 2.45) is 0 Å². The first kappa shape index (κ1) is 29.3. The Morgan fingerprint density at radius 3 is 1.82 bits per heavy atom. The Kier molecular flexibility index (Phi) is 19.6. The number of nitrogens with one attached hydrogen (secondary N) is 2. The molecule has 5 heteroatoms. The molecule has 5 nitrogen and oxygen atoms in total. The van der Waals surface area contributed by atoms with Crippen molar-refractivity contribution in [3.05, 3.63) is 24.3 Å². The number of ether oxygens (including phenoxy) is 2. The van der Waals surface area contributed by atoms with Crippen molar-refractivity contribution in [3.8, 4) is 5.75 Å². The van der Waals surface area contributed by atoms with Gasteiger partial charge in [-0.1, -0.05) is 90.4 Å². The second kappa shape index (κ2) is 22.1. The smallest absolute Gasteiger partial charge is 0.239 e. The zero-order valence-electron chi connectivity index (χ0n) is 21.5. The van der Waals surface area contributed by atoms with Gasteiger partial charge in [0, 0.05) is 18.8 Å². The molecule has 1 amide bonds. The van der Waals surface area contributed by atoms with Crippen molar-refractivity contribution < 1.29 is 14.3 Å². The molecule has 33 heavy (non-hydrogen) atoms. The summed E-state index contributed by atoms with van der Waals surface area (Å²) in [5.74, 6) is 0.851. The summed E-state index contributed by atoms with van der Waals surface area (Å²) < 4.78 is 10.8. The van der Waals surface area contributed by atoms with E-state index in [0.29, 0.717) is 26.4 Å². The molecule has 0 fully saturated rings. The van der Waals surface area contributed by atoms with Crippen molar-refractivity contribution in [1.82, 2.24) is 5.32 Å². The summed E-state index contributed by atoms with van der Waals surface area (Å²) in [5, 5.41) is 6.17. The molecular formula is C28H50N2O3. The fourth-order valence-electron chi connectivity index (χ4n) is 3.82. The van der Waals surface area contributed by atoms with Crippen LogP contribution in [0.5, 0.6) is 5.75 Å². The lowest BCUT2D eigenvalue weighted by Gasteiger charge is -2.09. The molecule has 0 aromatic heterocycles. The molecule has 0 unspecified atom stereocenters. The number of unbranched alkanes of at least 4 members (excludes halogenated alkanes) is 13. The molecule has 0 saturated heterocycles. The Hall–Kier alpha value is -1.75. The number of amides is 1. The van der Waals surface area contributed by atoms with E-state index in [9.17, 15) is 4.79 Å². The van der Waals surface area contributed by atoms with E-state index in [1.54, 1.807) is 0 Å². The number of carbonyl (C=O) groups excluding carboxylic acids is 1. The Balaban J connectivity index is 1.88. The van der Waals surface area contributed by atoms with Crippen molar-refractivity contribution >= 4 is 11.6 Å². The summed E-state index contributed by atoms with van der Waals surface area (Å²) in [4.78, 5) is 12.0. The highest BCUT2D eigenvalue weighted by molar-refractivity contribution is 5.80. The molecule has 1 rings (SSSR count). The predicted molar refractivity (Wildman–Crippen MR) is 140 cm³/mol. The van der Waals surface area contributed by atoms with E-state index in [1.165, 1.54) is 83.5 Å². The molecular weight excluding hydrogens is 412 g/mol. The van der Waals surface area contributed by atoms with E-state index < -0.39 is 0 Å². The SMILES string of the molecule is CCCCCCCCCCCCCCCCNC(=O)CNc1ccc(OCCOCC)cc1. The molecule has 2 N–H and O–H groups in total. The molecule has 1 aromatic rings.